The molecule has 0 radical (unpaired) electrons. The maximum atomic E-state index is 12.1. The highest BCUT2D eigenvalue weighted by Crippen LogP contribution is 2.04. The molecule has 24 heavy (non-hydrogen) atoms. The number of hydrogen-bond acceptors (Lipinski definition) is 6. The third kappa shape index (κ3) is 8.16. The molecule has 10 heteroatoms. The van der Waals surface area contributed by atoms with Crippen LogP contribution in [-0.4, -0.2) is 57.8 Å². The van der Waals surface area contributed by atoms with Crippen molar-refractivity contribution in [3.05, 3.63) is 0 Å². The molecule has 0 spiro atoms. The number of carboxylic acids is 2. The third-order valence-corrected chi connectivity index (χ3v) is 3.67. The van der Waals surface area contributed by atoms with Crippen LogP contribution in [0.4, 0.5) is 0 Å². The summed E-state index contributed by atoms with van der Waals surface area (Å²) in [5.41, 5.74) is 5.33. The van der Waals surface area contributed by atoms with Crippen LogP contribution in [0.25, 0.3) is 0 Å². The van der Waals surface area contributed by atoms with E-state index in [-0.39, 0.29) is 30.9 Å². The van der Waals surface area contributed by atoms with Gasteiger partial charge in [0.1, 0.15) is 18.1 Å². The Morgan fingerprint density at radius 2 is 1.67 bits per heavy atom. The summed E-state index contributed by atoms with van der Waals surface area (Å²) < 4.78 is 0. The number of carbonyl (C=O) groups excluding carboxylic acids is 2. The van der Waals surface area contributed by atoms with Crippen molar-refractivity contribution in [2.45, 2.75) is 51.2 Å². The Kier molecular flexibility index (Phi) is 10.0. The average molecular weight is 363 g/mol. The molecule has 3 atom stereocenters. The van der Waals surface area contributed by atoms with Crippen LogP contribution in [-0.2, 0) is 19.2 Å². The van der Waals surface area contributed by atoms with Crippen LogP contribution in [0.3, 0.4) is 0 Å². The number of nitrogens with two attached hydrogens (primary N) is 1. The lowest BCUT2D eigenvalue weighted by Gasteiger charge is -2.22. The van der Waals surface area contributed by atoms with E-state index in [1.54, 1.807) is 13.8 Å². The molecule has 0 aromatic rings. The first-order chi connectivity index (χ1) is 11.1. The first-order valence-electron chi connectivity index (χ1n) is 7.51. The molecule has 0 heterocycles. The fourth-order valence-electron chi connectivity index (χ4n) is 1.83. The van der Waals surface area contributed by atoms with Crippen LogP contribution in [0.5, 0.6) is 0 Å². The summed E-state index contributed by atoms with van der Waals surface area (Å²) in [6, 6.07) is -3.08. The van der Waals surface area contributed by atoms with Gasteiger partial charge in [-0.25, -0.2) is 4.79 Å². The molecule has 0 unspecified atom stereocenters. The highest BCUT2D eigenvalue weighted by molar-refractivity contribution is 7.80. The molecule has 138 valence electrons. The molecule has 0 aliphatic carbocycles. The first-order valence-corrected chi connectivity index (χ1v) is 8.15. The molecule has 0 aromatic carbocycles. The van der Waals surface area contributed by atoms with Gasteiger partial charge in [0.05, 0.1) is 0 Å². The van der Waals surface area contributed by atoms with E-state index in [0.717, 1.165) is 0 Å². The summed E-state index contributed by atoms with van der Waals surface area (Å²) in [6.45, 7) is 3.30. The Morgan fingerprint density at radius 1 is 1.08 bits per heavy atom. The number of carbonyl (C=O) groups is 4. The van der Waals surface area contributed by atoms with Gasteiger partial charge >= 0.3 is 11.9 Å². The Morgan fingerprint density at radius 3 is 2.08 bits per heavy atom. The summed E-state index contributed by atoms with van der Waals surface area (Å²) in [5, 5.41) is 22.5. The zero-order chi connectivity index (χ0) is 18.9. The quantitative estimate of drug-likeness (QED) is 0.262. The van der Waals surface area contributed by atoms with Gasteiger partial charge in [-0.05, 0) is 18.8 Å². The van der Waals surface area contributed by atoms with Crippen molar-refractivity contribution in [1.82, 2.24) is 10.6 Å². The van der Waals surface area contributed by atoms with Crippen molar-refractivity contribution in [1.29, 1.82) is 0 Å². The predicted octanol–water partition coefficient (Wildman–Crippen LogP) is -0.791. The van der Waals surface area contributed by atoms with Gasteiger partial charge in [0, 0.05) is 12.2 Å². The fourth-order valence-corrected chi connectivity index (χ4v) is 2.09. The molecule has 6 N–H and O–H groups in total. The minimum absolute atomic E-state index is 0.00333. The number of hydrogen-bond donors (Lipinski definition) is 6. The molecule has 9 nitrogen and oxygen atoms in total. The lowest BCUT2D eigenvalue weighted by atomic mass is 10.0. The maximum absolute atomic E-state index is 12.1. The Balaban J connectivity index is 4.47. The van der Waals surface area contributed by atoms with Gasteiger partial charge in [0.25, 0.3) is 0 Å². The van der Waals surface area contributed by atoms with E-state index in [0.29, 0.717) is 0 Å². The minimum atomic E-state index is -1.16. The average Bonchev–Trinajstić information content (AvgIpc) is 2.48. The van der Waals surface area contributed by atoms with Crippen molar-refractivity contribution >= 4 is 36.4 Å². The van der Waals surface area contributed by atoms with E-state index in [1.807, 2.05) is 0 Å². The second kappa shape index (κ2) is 10.9. The fraction of sp³-hybridized carbons (Fsp3) is 0.714. The zero-order valence-electron chi connectivity index (χ0n) is 13.7. The van der Waals surface area contributed by atoms with Gasteiger partial charge in [-0.1, -0.05) is 13.8 Å². The normalized spacial score (nSPS) is 14.5. The lowest BCUT2D eigenvalue weighted by Crippen LogP contribution is -2.53. The lowest BCUT2D eigenvalue weighted by molar-refractivity contribution is -0.143. The van der Waals surface area contributed by atoms with E-state index in [4.69, 9.17) is 15.9 Å². The molecular formula is C14H25N3O6S. The number of nitrogens with one attached hydrogen (secondary N) is 2. The second-order valence-electron chi connectivity index (χ2n) is 5.71. The highest BCUT2D eigenvalue weighted by Gasteiger charge is 2.27. The van der Waals surface area contributed by atoms with Crippen LogP contribution in [0.15, 0.2) is 0 Å². The minimum Gasteiger partial charge on any atom is -0.480 e. The maximum Gasteiger partial charge on any atom is 0.326 e. The van der Waals surface area contributed by atoms with Crippen LogP contribution in [0, 0.1) is 5.92 Å². The molecule has 0 bridgehead atoms. The van der Waals surface area contributed by atoms with Gasteiger partial charge in [-0.3, -0.25) is 14.4 Å². The van der Waals surface area contributed by atoms with Crippen LogP contribution in [0.2, 0.25) is 0 Å². The van der Waals surface area contributed by atoms with Crippen LogP contribution in [0.1, 0.15) is 33.1 Å². The molecule has 0 saturated carbocycles. The number of carboxylic acid groups (broad SMARTS) is 2. The smallest absolute Gasteiger partial charge is 0.326 e. The summed E-state index contributed by atoms with van der Waals surface area (Å²) in [7, 11) is 0. The summed E-state index contributed by atoms with van der Waals surface area (Å²) in [5.74, 6) is -3.72. The SMILES string of the molecule is CC(C)[C@@H](NC(=O)[C@@H](CS)NC(=O)CCC[C@@H](N)C(=O)O)C(=O)O. The zero-order valence-corrected chi connectivity index (χ0v) is 14.6. The number of rotatable bonds is 11. The van der Waals surface area contributed by atoms with Crippen molar-refractivity contribution in [3.63, 3.8) is 0 Å². The summed E-state index contributed by atoms with van der Waals surface area (Å²) in [4.78, 5) is 45.5. The molecule has 0 aliphatic heterocycles. The van der Waals surface area contributed by atoms with Crippen molar-refractivity contribution < 1.29 is 29.4 Å². The van der Waals surface area contributed by atoms with Crippen molar-refractivity contribution in [3.8, 4) is 0 Å². The standard InChI is InChI=1S/C14H25N3O6S/c1-7(2)11(14(22)23)17-12(19)9(6-24)16-10(18)5-3-4-8(15)13(20)21/h7-9,11,24H,3-6,15H2,1-2H3,(H,16,18)(H,17,19)(H,20,21)(H,22,23)/t8-,9-,11-/m1/s1. The first kappa shape index (κ1) is 22.2. The highest BCUT2D eigenvalue weighted by atomic mass is 32.1. The van der Waals surface area contributed by atoms with Gasteiger partial charge < -0.3 is 26.6 Å². The molecule has 0 aromatic heterocycles. The van der Waals surface area contributed by atoms with Gasteiger partial charge in [-0.2, -0.15) is 12.6 Å². The van der Waals surface area contributed by atoms with E-state index < -0.39 is 41.9 Å². The summed E-state index contributed by atoms with van der Waals surface area (Å²) in [6.07, 6.45) is 0.393. The van der Waals surface area contributed by atoms with Crippen molar-refractivity contribution in [2.75, 3.05) is 5.75 Å². The largest absolute Gasteiger partial charge is 0.480 e. The van der Waals surface area contributed by atoms with Crippen LogP contribution >= 0.6 is 12.6 Å². The van der Waals surface area contributed by atoms with Gasteiger partial charge in [0.15, 0.2) is 0 Å². The van der Waals surface area contributed by atoms with Crippen LogP contribution < -0.4 is 16.4 Å². The Hall–Kier alpha value is -1.81. The monoisotopic (exact) mass is 363 g/mol. The molecule has 0 fully saturated rings. The topological polar surface area (TPSA) is 159 Å². The van der Waals surface area contributed by atoms with E-state index in [2.05, 4.69) is 23.3 Å². The van der Waals surface area contributed by atoms with Gasteiger partial charge in [0.2, 0.25) is 11.8 Å². The molecular weight excluding hydrogens is 338 g/mol. The predicted molar refractivity (Wildman–Crippen MR) is 89.7 cm³/mol. The van der Waals surface area contributed by atoms with Gasteiger partial charge in [-0.15, -0.1) is 0 Å². The van der Waals surface area contributed by atoms with E-state index in [1.165, 1.54) is 0 Å². The van der Waals surface area contributed by atoms with E-state index >= 15 is 0 Å². The van der Waals surface area contributed by atoms with E-state index in [9.17, 15) is 19.2 Å². The molecule has 0 aliphatic rings. The molecule has 0 rings (SSSR count). The molecule has 0 saturated heterocycles. The Labute approximate surface area is 145 Å². The molecule has 2 amide bonds. The second-order valence-corrected chi connectivity index (χ2v) is 6.07. The number of aliphatic carboxylic acids is 2. The number of thiol groups is 1. The number of amides is 2. The Bertz CT molecular complexity index is 471. The van der Waals surface area contributed by atoms with Crippen molar-refractivity contribution in [2.24, 2.45) is 11.7 Å². The summed E-state index contributed by atoms with van der Waals surface area (Å²) >= 11 is 3.99. The third-order valence-electron chi connectivity index (χ3n) is 3.30.